The molecule has 0 aromatic heterocycles. The molecule has 3 rings (SSSR count). The van der Waals surface area contributed by atoms with Crippen LogP contribution in [0.4, 0.5) is 5.69 Å². The van der Waals surface area contributed by atoms with Crippen LogP contribution in [0.25, 0.3) is 0 Å². The van der Waals surface area contributed by atoms with Crippen LogP contribution < -0.4 is 4.90 Å². The molecule has 1 aromatic rings. The number of hydrogen-bond acceptors (Lipinski definition) is 2. The van der Waals surface area contributed by atoms with Crippen LogP contribution in [0.5, 0.6) is 0 Å². The van der Waals surface area contributed by atoms with Crippen molar-refractivity contribution in [2.75, 3.05) is 18.1 Å². The number of carbonyl (C=O) groups excluding carboxylic acids is 1. The van der Waals surface area contributed by atoms with Crippen LogP contribution >= 0.6 is 0 Å². The van der Waals surface area contributed by atoms with Gasteiger partial charge in [0, 0.05) is 12.3 Å². The molecule has 2 unspecified atom stereocenters. The summed E-state index contributed by atoms with van der Waals surface area (Å²) in [6.45, 7) is 5.58. The predicted octanol–water partition coefficient (Wildman–Crippen LogP) is 2.06. The van der Waals surface area contributed by atoms with E-state index in [0.717, 1.165) is 25.3 Å². The number of para-hydroxylation sites is 1. The molecule has 1 aromatic carbocycles. The zero-order valence-electron chi connectivity index (χ0n) is 10.3. The van der Waals surface area contributed by atoms with Crippen LogP contribution in [-0.4, -0.2) is 25.2 Å². The molecular formula is C14H17NO2. The molecule has 0 radical (unpaired) electrons. The lowest BCUT2D eigenvalue weighted by Gasteiger charge is -2.22. The Morgan fingerprint density at radius 2 is 2.00 bits per heavy atom. The molecule has 0 bridgehead atoms. The van der Waals surface area contributed by atoms with E-state index >= 15 is 0 Å². The van der Waals surface area contributed by atoms with Gasteiger partial charge in [-0.05, 0) is 31.4 Å². The minimum absolute atomic E-state index is 0.0917. The molecule has 90 valence electrons. The van der Waals surface area contributed by atoms with Gasteiger partial charge < -0.3 is 9.64 Å². The summed E-state index contributed by atoms with van der Waals surface area (Å²) < 4.78 is 5.62. The van der Waals surface area contributed by atoms with Crippen molar-refractivity contribution in [1.82, 2.24) is 0 Å². The minimum Gasteiger partial charge on any atom is -0.375 e. The van der Waals surface area contributed by atoms with Gasteiger partial charge in [-0.15, -0.1) is 0 Å². The Morgan fingerprint density at radius 1 is 1.29 bits per heavy atom. The maximum absolute atomic E-state index is 12.3. The number of anilines is 1. The third-order valence-corrected chi connectivity index (χ3v) is 3.86. The molecule has 3 nitrogen and oxygen atoms in total. The molecule has 0 N–H and O–H groups in total. The zero-order chi connectivity index (χ0) is 12.0. The fourth-order valence-electron chi connectivity index (χ4n) is 3.01. The number of hydrogen-bond donors (Lipinski definition) is 0. The largest absolute Gasteiger partial charge is 0.375 e. The van der Waals surface area contributed by atoms with Gasteiger partial charge in [0.15, 0.2) is 0 Å². The first kappa shape index (κ1) is 10.8. The summed E-state index contributed by atoms with van der Waals surface area (Å²) in [6.07, 6.45) is 0.992. The monoisotopic (exact) mass is 231 g/mol. The van der Waals surface area contributed by atoms with Gasteiger partial charge in [0.2, 0.25) is 5.91 Å². The van der Waals surface area contributed by atoms with Crippen LogP contribution in [0.3, 0.4) is 0 Å². The molecule has 1 amide bonds. The molecule has 17 heavy (non-hydrogen) atoms. The second kappa shape index (κ2) is 3.84. The summed E-state index contributed by atoms with van der Waals surface area (Å²) in [5, 5.41) is 0. The lowest BCUT2D eigenvalue weighted by atomic mass is 10.0. The number of amides is 1. The van der Waals surface area contributed by atoms with Crippen molar-refractivity contribution in [3.63, 3.8) is 0 Å². The van der Waals surface area contributed by atoms with Crippen molar-refractivity contribution >= 4 is 11.6 Å². The first-order chi connectivity index (χ1) is 8.18. The van der Waals surface area contributed by atoms with Crippen LogP contribution in [0.1, 0.15) is 17.5 Å². The molecule has 2 aliphatic heterocycles. The lowest BCUT2D eigenvalue weighted by Crippen LogP contribution is -2.29. The van der Waals surface area contributed by atoms with Gasteiger partial charge in [-0.25, -0.2) is 0 Å². The Kier molecular flexibility index (Phi) is 2.44. The van der Waals surface area contributed by atoms with E-state index in [9.17, 15) is 4.79 Å². The van der Waals surface area contributed by atoms with E-state index in [2.05, 4.69) is 26.0 Å². The maximum Gasteiger partial charge on any atom is 0.232 e. The third kappa shape index (κ3) is 1.57. The van der Waals surface area contributed by atoms with Gasteiger partial charge in [-0.1, -0.05) is 18.2 Å². The average Bonchev–Trinajstić information content (AvgIpc) is 2.84. The number of rotatable bonds is 1. The lowest BCUT2D eigenvalue weighted by molar-refractivity contribution is -0.120. The van der Waals surface area contributed by atoms with Crippen molar-refractivity contribution in [2.45, 2.75) is 26.4 Å². The molecule has 2 fully saturated rings. The number of carbonyl (C=O) groups is 1. The van der Waals surface area contributed by atoms with Crippen LogP contribution in [0.2, 0.25) is 0 Å². The molecule has 2 aliphatic rings. The molecule has 2 heterocycles. The van der Waals surface area contributed by atoms with E-state index in [1.807, 2.05) is 11.0 Å². The molecule has 0 spiro atoms. The summed E-state index contributed by atoms with van der Waals surface area (Å²) in [5.41, 5.74) is 3.41. The van der Waals surface area contributed by atoms with E-state index < -0.39 is 0 Å². The third-order valence-electron chi connectivity index (χ3n) is 3.86. The predicted molar refractivity (Wildman–Crippen MR) is 66.1 cm³/mol. The summed E-state index contributed by atoms with van der Waals surface area (Å²) in [4.78, 5) is 14.3. The standard InChI is InChI=1S/C14H17NO2/c1-9-4-3-5-10(2)13(9)15-8-12-11(14(15)16)6-7-17-12/h3-5,11-12H,6-8H2,1-2H3. The molecular weight excluding hydrogens is 214 g/mol. The average molecular weight is 231 g/mol. The van der Waals surface area contributed by atoms with E-state index in [4.69, 9.17) is 4.74 Å². The number of aryl methyl sites for hydroxylation is 2. The number of fused-ring (bicyclic) bond motifs is 1. The van der Waals surface area contributed by atoms with E-state index in [1.54, 1.807) is 0 Å². The summed E-state index contributed by atoms with van der Waals surface area (Å²) in [6, 6.07) is 6.15. The first-order valence-electron chi connectivity index (χ1n) is 6.17. The van der Waals surface area contributed by atoms with E-state index in [-0.39, 0.29) is 17.9 Å². The quantitative estimate of drug-likeness (QED) is 0.740. The molecule has 0 saturated carbocycles. The highest BCUT2D eigenvalue weighted by Crippen LogP contribution is 2.36. The minimum atomic E-state index is 0.0917. The van der Waals surface area contributed by atoms with Crippen LogP contribution in [0.15, 0.2) is 18.2 Å². The molecule has 3 heteroatoms. The van der Waals surface area contributed by atoms with Crippen molar-refractivity contribution < 1.29 is 9.53 Å². The fraction of sp³-hybridized carbons (Fsp3) is 0.500. The Labute approximate surface area is 101 Å². The van der Waals surface area contributed by atoms with Crippen molar-refractivity contribution in [3.8, 4) is 0 Å². The van der Waals surface area contributed by atoms with Crippen LogP contribution in [0, 0.1) is 19.8 Å². The second-order valence-corrected chi connectivity index (χ2v) is 4.99. The SMILES string of the molecule is Cc1cccc(C)c1N1CC2OCCC2C1=O. The Morgan fingerprint density at radius 3 is 2.65 bits per heavy atom. The Bertz CT molecular complexity index is 449. The summed E-state index contributed by atoms with van der Waals surface area (Å²) in [7, 11) is 0. The fourth-order valence-corrected chi connectivity index (χ4v) is 3.01. The highest BCUT2D eigenvalue weighted by molar-refractivity contribution is 5.99. The summed E-state index contributed by atoms with van der Waals surface area (Å²) in [5.74, 6) is 0.332. The number of benzene rings is 1. The van der Waals surface area contributed by atoms with Gasteiger partial charge in [0.1, 0.15) is 0 Å². The number of nitrogens with zero attached hydrogens (tertiary/aromatic N) is 1. The molecule has 2 atom stereocenters. The van der Waals surface area contributed by atoms with E-state index in [0.29, 0.717) is 0 Å². The van der Waals surface area contributed by atoms with Crippen molar-refractivity contribution in [2.24, 2.45) is 5.92 Å². The summed E-state index contributed by atoms with van der Waals surface area (Å²) >= 11 is 0. The van der Waals surface area contributed by atoms with Gasteiger partial charge in [0.25, 0.3) is 0 Å². The smallest absolute Gasteiger partial charge is 0.232 e. The first-order valence-corrected chi connectivity index (χ1v) is 6.17. The Balaban J connectivity index is 1.98. The van der Waals surface area contributed by atoms with Gasteiger partial charge >= 0.3 is 0 Å². The van der Waals surface area contributed by atoms with Gasteiger partial charge in [0.05, 0.1) is 18.6 Å². The molecule has 2 saturated heterocycles. The zero-order valence-corrected chi connectivity index (χ0v) is 10.3. The topological polar surface area (TPSA) is 29.5 Å². The Hall–Kier alpha value is -1.35. The van der Waals surface area contributed by atoms with Gasteiger partial charge in [-0.2, -0.15) is 0 Å². The van der Waals surface area contributed by atoms with Crippen molar-refractivity contribution in [1.29, 1.82) is 0 Å². The van der Waals surface area contributed by atoms with Crippen LogP contribution in [-0.2, 0) is 9.53 Å². The highest BCUT2D eigenvalue weighted by Gasteiger charge is 2.45. The number of ether oxygens (including phenoxy) is 1. The highest BCUT2D eigenvalue weighted by atomic mass is 16.5. The van der Waals surface area contributed by atoms with Crippen molar-refractivity contribution in [3.05, 3.63) is 29.3 Å². The maximum atomic E-state index is 12.3. The second-order valence-electron chi connectivity index (χ2n) is 4.99. The van der Waals surface area contributed by atoms with Gasteiger partial charge in [-0.3, -0.25) is 4.79 Å². The van der Waals surface area contributed by atoms with E-state index in [1.165, 1.54) is 11.1 Å². The normalized spacial score (nSPS) is 27.6. The molecule has 0 aliphatic carbocycles.